The number of benzene rings is 4. The van der Waals surface area contributed by atoms with Crippen molar-refractivity contribution in [3.8, 4) is 22.3 Å². The van der Waals surface area contributed by atoms with Crippen LogP contribution >= 0.6 is 24.8 Å². The summed E-state index contributed by atoms with van der Waals surface area (Å²) >= 11 is 0. The molecule has 4 heteroatoms. The Bertz CT molecular complexity index is 1250. The molecule has 0 aliphatic heterocycles. The van der Waals surface area contributed by atoms with E-state index in [0.717, 1.165) is 25.7 Å². The molecule has 2 aliphatic rings. The molecular formula is C31H30Cl2OZr. The molecule has 0 fully saturated rings. The van der Waals surface area contributed by atoms with Crippen molar-refractivity contribution in [2.24, 2.45) is 0 Å². The molecule has 0 radical (unpaired) electrons. The van der Waals surface area contributed by atoms with Crippen LogP contribution in [0.3, 0.4) is 0 Å². The molecule has 0 saturated carbocycles. The zero-order chi connectivity index (χ0) is 21.7. The number of rotatable bonds is 5. The first-order valence-corrected chi connectivity index (χ1v) is 11.7. The Labute approximate surface area is 239 Å². The first-order chi connectivity index (χ1) is 15.7. The number of hydrogen-bond acceptors (Lipinski definition) is 1. The van der Waals surface area contributed by atoms with Crippen LogP contribution in [0.25, 0.3) is 22.3 Å². The van der Waals surface area contributed by atoms with Crippen LogP contribution in [0.15, 0.2) is 84.9 Å². The fraction of sp³-hybridized carbons (Fsp3) is 0.226. The largest absolute Gasteiger partial charge is 0.396 e. The Hall–Kier alpha value is -1.70. The quantitative estimate of drug-likeness (QED) is 0.221. The van der Waals surface area contributed by atoms with E-state index in [1.807, 2.05) is 0 Å². The van der Waals surface area contributed by atoms with Gasteiger partial charge in [-0.3, -0.25) is 0 Å². The topological polar surface area (TPSA) is 20.2 Å². The molecule has 0 atom stereocenters. The molecule has 35 heavy (non-hydrogen) atoms. The van der Waals surface area contributed by atoms with Crippen LogP contribution in [-0.4, -0.2) is 11.7 Å². The number of halogens is 2. The molecule has 2 aliphatic carbocycles. The summed E-state index contributed by atoms with van der Waals surface area (Å²) < 4.78 is 0. The summed E-state index contributed by atoms with van der Waals surface area (Å²) in [4.78, 5) is 0. The standard InChI is InChI=1S/C31H28O.2ClH.Zr/c1-31(17-8-18-32,29-15-6-13-25-23-11-4-2-9-21(23)19-27(25)29)30-16-7-14-26-24-12-5-3-10-22(24)20-28(26)30;;;/h2-7,9-16,32H,8,17-20H2,1H3;2*1H;. The van der Waals surface area contributed by atoms with Crippen molar-refractivity contribution in [3.05, 3.63) is 118 Å². The van der Waals surface area contributed by atoms with E-state index in [0.29, 0.717) is 0 Å². The van der Waals surface area contributed by atoms with Gasteiger partial charge in [0.25, 0.3) is 0 Å². The second-order valence-electron chi connectivity index (χ2n) is 9.49. The zero-order valence-corrected chi connectivity index (χ0v) is 24.0. The molecule has 4 aromatic rings. The SMILES string of the molecule is CC(CCCO)(c1cccc2c1Cc1ccccc1-2)c1cccc2c1Cc1ccccc1-2.Cl.Cl.[Zr]. The molecule has 0 aromatic heterocycles. The molecule has 0 heterocycles. The van der Waals surface area contributed by atoms with Gasteiger partial charge in [0, 0.05) is 38.2 Å². The van der Waals surface area contributed by atoms with E-state index in [-0.39, 0.29) is 63.0 Å². The van der Waals surface area contributed by atoms with Gasteiger partial charge in [-0.15, -0.1) is 24.8 Å². The van der Waals surface area contributed by atoms with E-state index in [2.05, 4.69) is 91.9 Å². The molecule has 1 N–H and O–H groups in total. The third kappa shape index (κ3) is 4.49. The third-order valence-corrected chi connectivity index (χ3v) is 7.73. The number of fused-ring (bicyclic) bond motifs is 6. The number of aliphatic hydroxyl groups excluding tert-OH is 1. The van der Waals surface area contributed by atoms with Crippen molar-refractivity contribution in [1.29, 1.82) is 0 Å². The van der Waals surface area contributed by atoms with Crippen LogP contribution in [0.5, 0.6) is 0 Å². The molecule has 0 spiro atoms. The van der Waals surface area contributed by atoms with E-state index in [1.165, 1.54) is 55.6 Å². The van der Waals surface area contributed by atoms with Gasteiger partial charge < -0.3 is 5.11 Å². The fourth-order valence-electron chi connectivity index (χ4n) is 6.20. The first-order valence-electron chi connectivity index (χ1n) is 11.7. The second kappa shape index (κ2) is 11.1. The molecule has 4 aromatic carbocycles. The third-order valence-electron chi connectivity index (χ3n) is 7.73. The van der Waals surface area contributed by atoms with Crippen LogP contribution in [-0.2, 0) is 44.5 Å². The van der Waals surface area contributed by atoms with Crippen molar-refractivity contribution in [1.82, 2.24) is 0 Å². The Morgan fingerprint density at radius 1 is 0.629 bits per heavy atom. The van der Waals surface area contributed by atoms with Gasteiger partial charge >= 0.3 is 0 Å². The molecule has 0 amide bonds. The van der Waals surface area contributed by atoms with E-state index in [9.17, 15) is 5.11 Å². The van der Waals surface area contributed by atoms with Crippen molar-refractivity contribution in [2.75, 3.05) is 6.61 Å². The molecule has 178 valence electrons. The minimum Gasteiger partial charge on any atom is -0.396 e. The Balaban J connectivity index is 0.00000114. The summed E-state index contributed by atoms with van der Waals surface area (Å²) in [5.41, 5.74) is 14.0. The summed E-state index contributed by atoms with van der Waals surface area (Å²) in [6.07, 6.45) is 3.71. The minimum atomic E-state index is -0.149. The van der Waals surface area contributed by atoms with E-state index >= 15 is 0 Å². The van der Waals surface area contributed by atoms with Gasteiger partial charge in [0.1, 0.15) is 0 Å². The maximum Gasteiger partial charge on any atom is 0.0431 e. The van der Waals surface area contributed by atoms with Crippen LogP contribution in [0, 0.1) is 0 Å². The summed E-state index contributed by atoms with van der Waals surface area (Å²) in [6, 6.07) is 31.3. The van der Waals surface area contributed by atoms with Crippen molar-refractivity contribution < 1.29 is 31.3 Å². The number of aliphatic hydroxyl groups is 1. The Morgan fingerprint density at radius 2 is 1.06 bits per heavy atom. The van der Waals surface area contributed by atoms with Crippen molar-refractivity contribution in [2.45, 2.75) is 38.0 Å². The van der Waals surface area contributed by atoms with Gasteiger partial charge in [-0.1, -0.05) is 91.9 Å². The van der Waals surface area contributed by atoms with Crippen LogP contribution < -0.4 is 0 Å². The van der Waals surface area contributed by atoms with Gasteiger partial charge in [0.05, 0.1) is 0 Å². The monoisotopic (exact) mass is 578 g/mol. The average molecular weight is 581 g/mol. The van der Waals surface area contributed by atoms with Crippen molar-refractivity contribution >= 4 is 24.8 Å². The molecule has 1 nitrogen and oxygen atoms in total. The Morgan fingerprint density at radius 3 is 1.51 bits per heavy atom. The smallest absolute Gasteiger partial charge is 0.0431 e. The van der Waals surface area contributed by atoms with Gasteiger partial charge in [0.15, 0.2) is 0 Å². The van der Waals surface area contributed by atoms with E-state index < -0.39 is 0 Å². The van der Waals surface area contributed by atoms with Crippen LogP contribution in [0.1, 0.15) is 53.1 Å². The molecule has 0 bridgehead atoms. The predicted octanol–water partition coefficient (Wildman–Crippen LogP) is 7.75. The van der Waals surface area contributed by atoms with Gasteiger partial charge in [-0.25, -0.2) is 0 Å². The van der Waals surface area contributed by atoms with E-state index in [4.69, 9.17) is 0 Å². The maximum atomic E-state index is 9.79. The van der Waals surface area contributed by atoms with Gasteiger partial charge in [-0.05, 0) is 81.3 Å². The molecule has 6 rings (SSSR count). The summed E-state index contributed by atoms with van der Waals surface area (Å²) in [6.45, 7) is 2.62. The summed E-state index contributed by atoms with van der Waals surface area (Å²) in [5, 5.41) is 9.79. The zero-order valence-electron chi connectivity index (χ0n) is 19.9. The average Bonchev–Trinajstić information content (AvgIpc) is 3.40. The maximum absolute atomic E-state index is 9.79. The normalized spacial score (nSPS) is 12.3. The number of hydrogen-bond donors (Lipinski definition) is 1. The summed E-state index contributed by atoms with van der Waals surface area (Å²) in [7, 11) is 0. The Kier molecular flexibility index (Phi) is 8.88. The fourth-order valence-corrected chi connectivity index (χ4v) is 6.20. The van der Waals surface area contributed by atoms with Gasteiger partial charge in [0.2, 0.25) is 0 Å². The molecule has 0 unspecified atom stereocenters. The molecular weight excluding hydrogens is 550 g/mol. The van der Waals surface area contributed by atoms with Gasteiger partial charge in [-0.2, -0.15) is 0 Å². The second-order valence-corrected chi connectivity index (χ2v) is 9.49. The van der Waals surface area contributed by atoms with Crippen LogP contribution in [0.4, 0.5) is 0 Å². The summed E-state index contributed by atoms with van der Waals surface area (Å²) in [5.74, 6) is 0. The molecule has 0 saturated heterocycles. The predicted molar refractivity (Wildman–Crippen MR) is 147 cm³/mol. The first kappa shape index (κ1) is 27.9. The minimum absolute atomic E-state index is 0. The van der Waals surface area contributed by atoms with Crippen LogP contribution in [0.2, 0.25) is 0 Å². The van der Waals surface area contributed by atoms with E-state index in [1.54, 1.807) is 0 Å². The van der Waals surface area contributed by atoms with Crippen molar-refractivity contribution in [3.63, 3.8) is 0 Å².